The van der Waals surface area contributed by atoms with Crippen molar-refractivity contribution in [3.8, 4) is 0 Å². The zero-order chi connectivity index (χ0) is 23.6. The molecule has 0 fully saturated rings. The molecule has 0 aliphatic rings. The van der Waals surface area contributed by atoms with Crippen LogP contribution >= 0.6 is 0 Å². The Kier molecular flexibility index (Phi) is 16.9. The molecule has 1 aromatic rings. The van der Waals surface area contributed by atoms with Crippen LogP contribution < -0.4 is 0 Å². The lowest BCUT2D eigenvalue weighted by molar-refractivity contribution is -0.139. The van der Waals surface area contributed by atoms with Crippen molar-refractivity contribution < 1.29 is 32.0 Å². The molecule has 0 spiro atoms. The second kappa shape index (κ2) is 17.2. The number of unbranched alkanes of at least 4 members (excludes halogenated alkanes) is 1. The van der Waals surface area contributed by atoms with Crippen LogP contribution in [-0.2, 0) is 29.2 Å². The molecule has 168 valence electrons. The van der Waals surface area contributed by atoms with Gasteiger partial charge in [0.1, 0.15) is 12.4 Å². The summed E-state index contributed by atoms with van der Waals surface area (Å²) in [6.45, 7) is 15.7. The molecule has 1 N–H and O–H groups in total. The first-order chi connectivity index (χ1) is 13.9. The molecule has 0 saturated heterocycles. The fraction of sp³-hybridized carbons (Fsp3) is 0.364. The maximum atomic E-state index is 10.7. The Bertz CT molecular complexity index is 781. The summed E-state index contributed by atoms with van der Waals surface area (Å²) in [5.41, 5.74) is 1.83. The molecule has 0 aliphatic heterocycles. The predicted octanol–water partition coefficient (Wildman–Crippen LogP) is 4.23. The lowest BCUT2D eigenvalue weighted by atomic mass is 10.2. The zero-order valence-corrected chi connectivity index (χ0v) is 18.7. The second-order valence-electron chi connectivity index (χ2n) is 6.09. The highest BCUT2D eigenvalue weighted by molar-refractivity contribution is 7.85. The van der Waals surface area contributed by atoms with E-state index in [2.05, 4.69) is 31.4 Å². The lowest BCUT2D eigenvalue weighted by Crippen LogP contribution is -2.14. The van der Waals surface area contributed by atoms with Crippen LogP contribution in [0.3, 0.4) is 0 Å². The molecule has 0 atom stereocenters. The number of rotatable bonds is 9. The van der Waals surface area contributed by atoms with Crippen LogP contribution in [0.1, 0.15) is 39.2 Å². The van der Waals surface area contributed by atoms with Crippen molar-refractivity contribution in [3.05, 3.63) is 66.8 Å². The van der Waals surface area contributed by atoms with E-state index in [1.165, 1.54) is 12.5 Å². The van der Waals surface area contributed by atoms with Gasteiger partial charge >= 0.3 is 11.9 Å². The summed E-state index contributed by atoms with van der Waals surface area (Å²) in [4.78, 5) is 21.3. The van der Waals surface area contributed by atoms with E-state index in [4.69, 9.17) is 9.29 Å². The third-order valence-electron chi connectivity index (χ3n) is 3.04. The topological polar surface area (TPSA) is 107 Å². The van der Waals surface area contributed by atoms with Gasteiger partial charge in [-0.05, 0) is 25.8 Å². The van der Waals surface area contributed by atoms with Crippen molar-refractivity contribution in [2.45, 2.75) is 33.6 Å². The highest BCUT2D eigenvalue weighted by atomic mass is 32.2. The van der Waals surface area contributed by atoms with Crippen LogP contribution in [-0.4, -0.2) is 43.9 Å². The highest BCUT2D eigenvalue weighted by Crippen LogP contribution is 1.97. The first kappa shape index (κ1) is 29.5. The Balaban J connectivity index is 0. The number of esters is 2. The van der Waals surface area contributed by atoms with Crippen molar-refractivity contribution in [2.24, 2.45) is 0 Å². The van der Waals surface area contributed by atoms with E-state index in [1.54, 1.807) is 6.92 Å². The Morgan fingerprint density at radius 3 is 1.80 bits per heavy atom. The average Bonchev–Trinajstić information content (AvgIpc) is 2.68. The Morgan fingerprint density at radius 1 is 1.00 bits per heavy atom. The van der Waals surface area contributed by atoms with Crippen LogP contribution in [0.4, 0.5) is 0 Å². The third-order valence-corrected chi connectivity index (χ3v) is 3.72. The van der Waals surface area contributed by atoms with Crippen molar-refractivity contribution in [3.63, 3.8) is 0 Å². The van der Waals surface area contributed by atoms with E-state index >= 15 is 0 Å². The van der Waals surface area contributed by atoms with E-state index in [9.17, 15) is 18.0 Å². The van der Waals surface area contributed by atoms with E-state index in [-0.39, 0.29) is 18.1 Å². The monoisotopic (exact) mass is 440 g/mol. The van der Waals surface area contributed by atoms with E-state index in [1.807, 2.05) is 36.4 Å². The second-order valence-corrected chi connectivity index (χ2v) is 7.66. The number of ether oxygens (including phenoxy) is 2. The van der Waals surface area contributed by atoms with Crippen molar-refractivity contribution in [1.82, 2.24) is 0 Å². The maximum absolute atomic E-state index is 10.7. The number of hydrogen-bond donors (Lipinski definition) is 1. The minimum atomic E-state index is -4.05. The molecule has 0 aliphatic carbocycles. The van der Waals surface area contributed by atoms with Crippen molar-refractivity contribution in [1.29, 1.82) is 0 Å². The van der Waals surface area contributed by atoms with Gasteiger partial charge < -0.3 is 9.47 Å². The van der Waals surface area contributed by atoms with Gasteiger partial charge in [-0.25, -0.2) is 9.59 Å². The Labute approximate surface area is 179 Å². The third kappa shape index (κ3) is 20.0. The van der Waals surface area contributed by atoms with Crippen molar-refractivity contribution in [2.75, 3.05) is 19.0 Å². The zero-order valence-electron chi connectivity index (χ0n) is 17.9. The summed E-state index contributed by atoms with van der Waals surface area (Å²) >= 11 is 0. The number of hydrogen-bond acceptors (Lipinski definition) is 6. The molecule has 0 unspecified atom stereocenters. The first-order valence-electron chi connectivity index (χ1n) is 9.22. The number of carbonyl (C=O) groups is 2. The highest BCUT2D eigenvalue weighted by Gasteiger charge is 2.07. The van der Waals surface area contributed by atoms with Crippen LogP contribution in [0.2, 0.25) is 0 Å². The molecular formula is C22H32O7S. The van der Waals surface area contributed by atoms with Gasteiger partial charge in [0.2, 0.25) is 0 Å². The summed E-state index contributed by atoms with van der Waals surface area (Å²) in [5.74, 6) is -1.54. The van der Waals surface area contributed by atoms with Crippen molar-refractivity contribution >= 4 is 28.1 Å². The van der Waals surface area contributed by atoms with Crippen LogP contribution in [0.25, 0.3) is 6.08 Å². The van der Waals surface area contributed by atoms with Gasteiger partial charge in [0.15, 0.2) is 0 Å². The van der Waals surface area contributed by atoms with Crippen LogP contribution in [0.15, 0.2) is 61.2 Å². The molecule has 0 amide bonds. The normalized spacial score (nSPS) is 9.60. The summed E-state index contributed by atoms with van der Waals surface area (Å²) in [5, 5.41) is 0. The molecule has 0 aromatic heterocycles. The van der Waals surface area contributed by atoms with Crippen LogP contribution in [0.5, 0.6) is 0 Å². The molecule has 0 radical (unpaired) electrons. The van der Waals surface area contributed by atoms with E-state index in [0.29, 0.717) is 12.2 Å². The van der Waals surface area contributed by atoms with E-state index < -0.39 is 21.8 Å². The number of carbonyl (C=O) groups excluding carboxylic acids is 2. The maximum Gasteiger partial charge on any atom is 0.333 e. The fourth-order valence-corrected chi connectivity index (χ4v) is 1.68. The Morgan fingerprint density at radius 2 is 1.47 bits per heavy atom. The van der Waals surface area contributed by atoms with Gasteiger partial charge in [-0.1, -0.05) is 69.5 Å². The molecule has 7 nitrogen and oxygen atoms in total. The standard InChI is InChI=1S/C8H14O2.C8H8.C6H10O5S/c1-4-5-6-10-8(9)7(2)3;1-2-8-6-4-3-5-7-8;1-5(2)6(7)11-3-4-12(8,9)10/h2,4-6H2,1,3H3;2-7H,1H2;1,3-4H2,2H3,(H,8,9,10). The quantitative estimate of drug-likeness (QED) is 0.265. The first-order valence-corrected chi connectivity index (χ1v) is 10.8. The van der Waals surface area contributed by atoms with Gasteiger partial charge in [-0.3, -0.25) is 4.55 Å². The molecule has 0 saturated carbocycles. The molecule has 8 heteroatoms. The molecular weight excluding hydrogens is 408 g/mol. The van der Waals surface area contributed by atoms with Gasteiger partial charge in [0.25, 0.3) is 10.1 Å². The van der Waals surface area contributed by atoms with E-state index in [0.717, 1.165) is 12.8 Å². The predicted molar refractivity (Wildman–Crippen MR) is 119 cm³/mol. The molecule has 1 rings (SSSR count). The minimum absolute atomic E-state index is 0.185. The largest absolute Gasteiger partial charge is 0.462 e. The fourth-order valence-electron chi connectivity index (χ4n) is 1.38. The summed E-state index contributed by atoms with van der Waals surface area (Å²) in [7, 11) is -4.05. The molecule has 0 bridgehead atoms. The smallest absolute Gasteiger partial charge is 0.333 e. The van der Waals surface area contributed by atoms with Gasteiger partial charge in [0.05, 0.1) is 6.61 Å². The lowest BCUT2D eigenvalue weighted by Gasteiger charge is -2.01. The van der Waals surface area contributed by atoms with Gasteiger partial charge in [-0.2, -0.15) is 8.42 Å². The SMILES string of the molecule is C=C(C)C(=O)OCCCC.C=C(C)C(=O)OCCS(=O)(=O)O.C=Cc1ccccc1. The minimum Gasteiger partial charge on any atom is -0.462 e. The molecule has 0 heterocycles. The summed E-state index contributed by atoms with van der Waals surface area (Å²) in [6.07, 6.45) is 3.81. The molecule has 1 aromatic carbocycles. The summed E-state index contributed by atoms with van der Waals surface area (Å²) in [6, 6.07) is 10.0. The summed E-state index contributed by atoms with van der Waals surface area (Å²) < 4.78 is 37.7. The van der Waals surface area contributed by atoms with Gasteiger partial charge in [-0.15, -0.1) is 0 Å². The molecule has 30 heavy (non-hydrogen) atoms. The average molecular weight is 441 g/mol. The van der Waals surface area contributed by atoms with Crippen LogP contribution in [0, 0.1) is 0 Å². The number of benzene rings is 1. The Hall–Kier alpha value is -2.71. The van der Waals surface area contributed by atoms with Gasteiger partial charge in [0, 0.05) is 11.1 Å².